The van der Waals surface area contributed by atoms with E-state index in [1.807, 2.05) is 37.3 Å². The second-order valence-electron chi connectivity index (χ2n) is 3.87. The molecule has 3 nitrogen and oxygen atoms in total. The first-order valence-corrected chi connectivity index (χ1v) is 5.68. The summed E-state index contributed by atoms with van der Waals surface area (Å²) in [4.78, 5) is 16.5. The topological polar surface area (TPSA) is 39.2 Å². The molecule has 0 N–H and O–H groups in total. The maximum absolute atomic E-state index is 12.3. The fraction of sp³-hybridized carbons (Fsp3) is 0.286. The second kappa shape index (κ2) is 5.06. The molecule has 2 aromatic rings. The van der Waals surface area contributed by atoms with E-state index < -0.39 is 0 Å². The van der Waals surface area contributed by atoms with E-state index in [1.165, 1.54) is 0 Å². The van der Waals surface area contributed by atoms with Gasteiger partial charge in [-0.05, 0) is 18.6 Å². The van der Waals surface area contributed by atoms with E-state index in [9.17, 15) is 4.79 Å². The molecule has 0 aliphatic heterocycles. The van der Waals surface area contributed by atoms with Gasteiger partial charge in [-0.3, -0.25) is 9.78 Å². The molecule has 0 amide bonds. The lowest BCUT2D eigenvalue weighted by molar-refractivity contribution is 0.0597. The molecule has 17 heavy (non-hydrogen) atoms. The lowest BCUT2D eigenvalue weighted by Crippen LogP contribution is -2.22. The number of hydrogen-bond donors (Lipinski definition) is 0. The first-order chi connectivity index (χ1) is 8.27. The van der Waals surface area contributed by atoms with Gasteiger partial charge in [-0.1, -0.05) is 25.1 Å². The number of rotatable bonds is 4. The molecule has 0 saturated carbocycles. The Morgan fingerprint density at radius 1 is 1.35 bits per heavy atom. The Balaban J connectivity index is 2.52. The fourth-order valence-electron chi connectivity index (χ4n) is 1.95. The van der Waals surface area contributed by atoms with Gasteiger partial charge in [0.15, 0.2) is 5.78 Å². The molecule has 1 atom stereocenters. The molecular weight excluding hydrogens is 214 g/mol. The number of methoxy groups -OCH3 is 1. The summed E-state index contributed by atoms with van der Waals surface area (Å²) in [6, 6.07) is 9.34. The molecule has 0 fully saturated rings. The van der Waals surface area contributed by atoms with Crippen LogP contribution in [0.5, 0.6) is 0 Å². The third-order valence-corrected chi connectivity index (χ3v) is 2.86. The molecule has 0 radical (unpaired) electrons. The van der Waals surface area contributed by atoms with Gasteiger partial charge in [0.05, 0.1) is 5.52 Å². The van der Waals surface area contributed by atoms with Crippen LogP contribution in [0.3, 0.4) is 0 Å². The predicted octanol–water partition coefficient (Wildman–Crippen LogP) is 2.84. The summed E-state index contributed by atoms with van der Waals surface area (Å²) in [6.45, 7) is 1.94. The summed E-state index contributed by atoms with van der Waals surface area (Å²) >= 11 is 0. The van der Waals surface area contributed by atoms with E-state index in [0.29, 0.717) is 12.0 Å². The number of Topliss-reactive ketones (excluding diaryl/α,β-unsaturated/α-hetero) is 1. The van der Waals surface area contributed by atoms with Crippen LogP contribution in [0.1, 0.15) is 23.7 Å². The van der Waals surface area contributed by atoms with Crippen molar-refractivity contribution in [3.05, 3.63) is 42.1 Å². The van der Waals surface area contributed by atoms with Gasteiger partial charge in [0.2, 0.25) is 0 Å². The average Bonchev–Trinajstić information content (AvgIpc) is 2.39. The van der Waals surface area contributed by atoms with Crippen LogP contribution in [0.15, 0.2) is 36.5 Å². The highest BCUT2D eigenvalue weighted by Crippen LogP contribution is 2.19. The summed E-state index contributed by atoms with van der Waals surface area (Å²) in [5, 5.41) is 0.885. The highest BCUT2D eigenvalue weighted by atomic mass is 16.5. The Hall–Kier alpha value is -1.74. The number of aromatic nitrogens is 1. The van der Waals surface area contributed by atoms with Crippen molar-refractivity contribution in [1.82, 2.24) is 4.98 Å². The largest absolute Gasteiger partial charge is 0.373 e. The van der Waals surface area contributed by atoms with Crippen molar-refractivity contribution in [2.45, 2.75) is 19.4 Å². The van der Waals surface area contributed by atoms with Crippen LogP contribution >= 0.6 is 0 Å². The van der Waals surface area contributed by atoms with E-state index in [4.69, 9.17) is 4.74 Å². The Morgan fingerprint density at radius 2 is 2.18 bits per heavy atom. The number of ketones is 1. The summed E-state index contributed by atoms with van der Waals surface area (Å²) in [5.41, 5.74) is 1.52. The van der Waals surface area contributed by atoms with Crippen LogP contribution < -0.4 is 0 Å². The van der Waals surface area contributed by atoms with Crippen LogP contribution in [-0.4, -0.2) is 24.0 Å². The van der Waals surface area contributed by atoms with Crippen LogP contribution in [0.25, 0.3) is 10.9 Å². The van der Waals surface area contributed by atoms with Gasteiger partial charge in [-0.25, -0.2) is 0 Å². The van der Waals surface area contributed by atoms with Crippen molar-refractivity contribution >= 4 is 16.7 Å². The molecule has 0 spiro atoms. The van der Waals surface area contributed by atoms with Crippen molar-refractivity contribution in [1.29, 1.82) is 0 Å². The highest BCUT2D eigenvalue weighted by molar-refractivity contribution is 6.09. The van der Waals surface area contributed by atoms with Gasteiger partial charge >= 0.3 is 0 Å². The maximum Gasteiger partial charge on any atom is 0.192 e. The number of pyridine rings is 1. The SMILES string of the molecule is CCC(OC)C(=O)c1cccc2ncccc12. The van der Waals surface area contributed by atoms with Crippen LogP contribution in [0.4, 0.5) is 0 Å². The van der Waals surface area contributed by atoms with E-state index in [-0.39, 0.29) is 11.9 Å². The van der Waals surface area contributed by atoms with Gasteiger partial charge in [0.1, 0.15) is 6.10 Å². The molecule has 1 heterocycles. The Morgan fingerprint density at radius 3 is 2.88 bits per heavy atom. The summed E-state index contributed by atoms with van der Waals surface area (Å²) in [5.74, 6) is 0.0219. The monoisotopic (exact) mass is 229 g/mol. The van der Waals surface area contributed by atoms with E-state index in [1.54, 1.807) is 13.3 Å². The third kappa shape index (κ3) is 2.19. The van der Waals surface area contributed by atoms with E-state index in [2.05, 4.69) is 4.98 Å². The van der Waals surface area contributed by atoms with Crippen LogP contribution in [-0.2, 0) is 4.74 Å². The molecule has 3 heteroatoms. The Kier molecular flexibility index (Phi) is 3.49. The molecule has 1 aromatic heterocycles. The van der Waals surface area contributed by atoms with Crippen LogP contribution in [0.2, 0.25) is 0 Å². The van der Waals surface area contributed by atoms with Gasteiger partial charge in [-0.15, -0.1) is 0 Å². The zero-order chi connectivity index (χ0) is 12.3. The van der Waals surface area contributed by atoms with Gasteiger partial charge < -0.3 is 4.74 Å². The highest BCUT2D eigenvalue weighted by Gasteiger charge is 2.19. The molecule has 0 saturated heterocycles. The zero-order valence-electron chi connectivity index (χ0n) is 10.0. The number of ether oxygens (including phenoxy) is 1. The van der Waals surface area contributed by atoms with Gasteiger partial charge in [-0.2, -0.15) is 0 Å². The minimum atomic E-state index is -0.374. The smallest absolute Gasteiger partial charge is 0.192 e. The Bertz CT molecular complexity index is 527. The molecule has 2 rings (SSSR count). The van der Waals surface area contributed by atoms with E-state index >= 15 is 0 Å². The number of carbonyl (C=O) groups is 1. The maximum atomic E-state index is 12.3. The number of nitrogens with zero attached hydrogens (tertiary/aromatic N) is 1. The van der Waals surface area contributed by atoms with E-state index in [0.717, 1.165) is 10.9 Å². The van der Waals surface area contributed by atoms with Gasteiger partial charge in [0.25, 0.3) is 0 Å². The third-order valence-electron chi connectivity index (χ3n) is 2.86. The molecule has 1 aromatic carbocycles. The normalized spacial score (nSPS) is 12.6. The summed E-state index contributed by atoms with van der Waals surface area (Å²) in [6.07, 6.45) is 2.02. The molecule has 1 unspecified atom stereocenters. The van der Waals surface area contributed by atoms with Crippen molar-refractivity contribution in [2.24, 2.45) is 0 Å². The summed E-state index contributed by atoms with van der Waals surface area (Å²) in [7, 11) is 1.56. The quantitative estimate of drug-likeness (QED) is 0.757. The molecule has 0 aliphatic rings. The lowest BCUT2D eigenvalue weighted by Gasteiger charge is -2.13. The number of benzene rings is 1. The molecule has 0 aliphatic carbocycles. The minimum absolute atomic E-state index is 0.0219. The van der Waals surface area contributed by atoms with Crippen LogP contribution in [0, 0.1) is 0 Å². The Labute approximate surface area is 100 Å². The molecular formula is C14H15NO2. The fourth-order valence-corrected chi connectivity index (χ4v) is 1.95. The number of carbonyl (C=O) groups excluding carboxylic acids is 1. The van der Waals surface area contributed by atoms with Crippen molar-refractivity contribution < 1.29 is 9.53 Å². The molecule has 0 bridgehead atoms. The first-order valence-electron chi connectivity index (χ1n) is 5.68. The van der Waals surface area contributed by atoms with Crippen molar-refractivity contribution in [3.63, 3.8) is 0 Å². The lowest BCUT2D eigenvalue weighted by atomic mass is 10.00. The molecule has 88 valence electrons. The number of fused-ring (bicyclic) bond motifs is 1. The van der Waals surface area contributed by atoms with Crippen molar-refractivity contribution in [3.8, 4) is 0 Å². The predicted molar refractivity (Wildman–Crippen MR) is 67.2 cm³/mol. The standard InChI is InChI=1S/C14H15NO2/c1-3-13(17-2)14(16)11-6-4-8-12-10(11)7-5-9-15-12/h4-9,13H,3H2,1-2H3. The second-order valence-corrected chi connectivity index (χ2v) is 3.87. The minimum Gasteiger partial charge on any atom is -0.373 e. The first kappa shape index (κ1) is 11.7. The van der Waals surface area contributed by atoms with Crippen molar-refractivity contribution in [2.75, 3.05) is 7.11 Å². The average molecular weight is 229 g/mol. The number of hydrogen-bond acceptors (Lipinski definition) is 3. The van der Waals surface area contributed by atoms with Gasteiger partial charge in [0, 0.05) is 24.3 Å². The summed E-state index contributed by atoms with van der Waals surface area (Å²) < 4.78 is 5.19. The zero-order valence-corrected chi connectivity index (χ0v) is 10.0.